The van der Waals surface area contributed by atoms with Gasteiger partial charge in [-0.2, -0.15) is 13.2 Å². The molecule has 1 aliphatic rings. The van der Waals surface area contributed by atoms with Crippen molar-refractivity contribution >= 4 is 21.4 Å². The minimum atomic E-state index is -4.76. The van der Waals surface area contributed by atoms with Crippen LogP contribution in [0.5, 0.6) is 0 Å². The van der Waals surface area contributed by atoms with Gasteiger partial charge in [0.25, 0.3) is 5.91 Å². The molecule has 6 nitrogen and oxygen atoms in total. The molecule has 4 rings (SSSR count). The van der Waals surface area contributed by atoms with Crippen LogP contribution in [0.25, 0.3) is 11.1 Å². The van der Waals surface area contributed by atoms with E-state index in [9.17, 15) is 35.9 Å². The number of amides is 1. The average Bonchev–Trinajstić information content (AvgIpc) is 2.87. The average molecular weight is 537 g/mol. The molecule has 1 saturated heterocycles. The van der Waals surface area contributed by atoms with Gasteiger partial charge in [0.1, 0.15) is 5.82 Å². The Morgan fingerprint density at radius 1 is 0.919 bits per heavy atom. The van der Waals surface area contributed by atoms with Gasteiger partial charge in [0.15, 0.2) is 15.9 Å². The molecule has 0 saturated carbocycles. The lowest BCUT2D eigenvalue weighted by atomic mass is 9.98. The lowest BCUT2D eigenvalue weighted by molar-refractivity contribution is -0.206. The molecular formula is C26H24F4N2O4S. The van der Waals surface area contributed by atoms with Crippen LogP contribution in [-0.4, -0.2) is 62.9 Å². The third kappa shape index (κ3) is 5.94. The molecule has 1 aliphatic heterocycles. The van der Waals surface area contributed by atoms with Crippen LogP contribution in [-0.2, 0) is 9.84 Å². The summed E-state index contributed by atoms with van der Waals surface area (Å²) >= 11 is 0. The van der Waals surface area contributed by atoms with Crippen LogP contribution in [0, 0.1) is 5.82 Å². The molecule has 0 radical (unpaired) electrons. The summed E-state index contributed by atoms with van der Waals surface area (Å²) in [5.41, 5.74) is 1.59. The van der Waals surface area contributed by atoms with Crippen molar-refractivity contribution in [3.63, 3.8) is 0 Å². The fraction of sp³-hybridized carbons (Fsp3) is 0.269. The summed E-state index contributed by atoms with van der Waals surface area (Å²) in [5, 5.41) is 9.41. The topological polar surface area (TPSA) is 77.9 Å². The van der Waals surface area contributed by atoms with Crippen molar-refractivity contribution in [3.8, 4) is 11.1 Å². The third-order valence-electron chi connectivity index (χ3n) is 6.26. The molecule has 1 atom stereocenters. The maximum absolute atomic E-state index is 13.5. The molecule has 1 unspecified atom stereocenters. The van der Waals surface area contributed by atoms with Crippen LogP contribution < -0.4 is 4.90 Å². The number of anilines is 1. The first-order valence-electron chi connectivity index (χ1n) is 11.3. The molecule has 1 fully saturated rings. The van der Waals surface area contributed by atoms with Gasteiger partial charge in [0, 0.05) is 43.7 Å². The van der Waals surface area contributed by atoms with Crippen LogP contribution in [0.2, 0.25) is 0 Å². The third-order valence-corrected chi connectivity index (χ3v) is 7.37. The van der Waals surface area contributed by atoms with Crippen molar-refractivity contribution in [1.29, 1.82) is 0 Å². The molecule has 3 aromatic rings. The molecular weight excluding hydrogens is 512 g/mol. The van der Waals surface area contributed by atoms with E-state index in [-0.39, 0.29) is 35.0 Å². The Hall–Kier alpha value is -3.44. The van der Waals surface area contributed by atoms with Crippen molar-refractivity contribution in [1.82, 2.24) is 4.90 Å². The molecule has 1 heterocycles. The van der Waals surface area contributed by atoms with E-state index in [0.29, 0.717) is 29.9 Å². The van der Waals surface area contributed by atoms with Gasteiger partial charge in [-0.3, -0.25) is 4.79 Å². The van der Waals surface area contributed by atoms with E-state index >= 15 is 0 Å². The van der Waals surface area contributed by atoms with E-state index in [2.05, 4.69) is 0 Å². The maximum Gasteiger partial charge on any atom is 0.418 e. The molecule has 3 aromatic carbocycles. The Bertz CT molecular complexity index is 1380. The first kappa shape index (κ1) is 26.6. The number of sulfone groups is 1. The van der Waals surface area contributed by atoms with Gasteiger partial charge in [-0.1, -0.05) is 30.3 Å². The fourth-order valence-electron chi connectivity index (χ4n) is 4.21. The number of hydrogen-bond acceptors (Lipinski definition) is 5. The minimum absolute atomic E-state index is 0.0125. The quantitative estimate of drug-likeness (QED) is 0.488. The normalized spacial score (nSPS) is 15.5. The second-order valence-electron chi connectivity index (χ2n) is 8.80. The smallest absolute Gasteiger partial charge is 0.379 e. The van der Waals surface area contributed by atoms with Gasteiger partial charge >= 0.3 is 6.18 Å². The molecule has 11 heteroatoms. The number of hydrogen-bond donors (Lipinski definition) is 1. The summed E-state index contributed by atoms with van der Waals surface area (Å²) < 4.78 is 76.0. The SMILES string of the molecule is CS(=O)(=O)c1ccc(-c2ccc(F)cc2)c(C(=O)N2CCN(c3ccc(C(O)C(F)(F)F)cc3)CC2)c1. The van der Waals surface area contributed by atoms with Gasteiger partial charge < -0.3 is 14.9 Å². The highest BCUT2D eigenvalue weighted by molar-refractivity contribution is 7.90. The molecule has 0 aliphatic carbocycles. The van der Waals surface area contributed by atoms with E-state index in [1.165, 1.54) is 66.7 Å². The number of carbonyl (C=O) groups excluding carboxylic acids is 1. The van der Waals surface area contributed by atoms with Gasteiger partial charge in [-0.15, -0.1) is 0 Å². The first-order chi connectivity index (χ1) is 17.3. The summed E-state index contributed by atoms with van der Waals surface area (Å²) in [6.45, 7) is 1.37. The molecule has 196 valence electrons. The Kier molecular flexibility index (Phi) is 7.29. The van der Waals surface area contributed by atoms with Crippen LogP contribution in [0.3, 0.4) is 0 Å². The number of halogens is 4. The fourth-order valence-corrected chi connectivity index (χ4v) is 4.85. The number of aliphatic hydroxyl groups is 1. The van der Waals surface area contributed by atoms with Gasteiger partial charge in [-0.05, 0) is 53.1 Å². The monoisotopic (exact) mass is 536 g/mol. The van der Waals surface area contributed by atoms with Gasteiger partial charge in [0.05, 0.1) is 4.90 Å². The molecule has 0 spiro atoms. The zero-order chi connectivity index (χ0) is 27.0. The number of benzene rings is 3. The van der Waals surface area contributed by atoms with E-state index in [0.717, 1.165) is 6.26 Å². The maximum atomic E-state index is 13.5. The minimum Gasteiger partial charge on any atom is -0.379 e. The first-order valence-corrected chi connectivity index (χ1v) is 13.2. The number of alkyl halides is 3. The Morgan fingerprint density at radius 2 is 1.51 bits per heavy atom. The Labute approximate surface area is 211 Å². The zero-order valence-electron chi connectivity index (χ0n) is 19.7. The standard InChI is InChI=1S/C26H24F4N2O4S/c1-37(35,36)21-10-11-22(17-2-6-19(27)7-3-17)23(16-21)25(34)32-14-12-31(13-15-32)20-8-4-18(5-9-20)24(33)26(28,29)30/h2-11,16,24,33H,12-15H2,1H3. The highest BCUT2D eigenvalue weighted by atomic mass is 32.2. The predicted molar refractivity (Wildman–Crippen MR) is 131 cm³/mol. The predicted octanol–water partition coefficient (Wildman–Crippen LogP) is 4.45. The van der Waals surface area contributed by atoms with Gasteiger partial charge in [-0.25, -0.2) is 12.8 Å². The van der Waals surface area contributed by atoms with Crippen molar-refractivity contribution in [3.05, 3.63) is 83.7 Å². The number of carbonyl (C=O) groups is 1. The Balaban J connectivity index is 1.53. The molecule has 0 aromatic heterocycles. The second kappa shape index (κ2) is 10.1. The van der Waals surface area contributed by atoms with Crippen LogP contribution >= 0.6 is 0 Å². The number of piperazine rings is 1. The van der Waals surface area contributed by atoms with Crippen molar-refractivity contribution < 1.29 is 35.9 Å². The molecule has 0 bridgehead atoms. The van der Waals surface area contributed by atoms with E-state index < -0.39 is 27.9 Å². The molecule has 37 heavy (non-hydrogen) atoms. The lowest BCUT2D eigenvalue weighted by Crippen LogP contribution is -2.49. The van der Waals surface area contributed by atoms with Crippen molar-refractivity contribution in [2.45, 2.75) is 17.2 Å². The summed E-state index contributed by atoms with van der Waals surface area (Å²) in [5.74, 6) is -0.824. The zero-order valence-corrected chi connectivity index (χ0v) is 20.6. The second-order valence-corrected chi connectivity index (χ2v) is 10.8. The lowest BCUT2D eigenvalue weighted by Gasteiger charge is -2.36. The highest BCUT2D eigenvalue weighted by Crippen LogP contribution is 2.33. The van der Waals surface area contributed by atoms with Crippen molar-refractivity contribution in [2.75, 3.05) is 37.3 Å². The van der Waals surface area contributed by atoms with Crippen LogP contribution in [0.1, 0.15) is 22.0 Å². The van der Waals surface area contributed by atoms with Gasteiger partial charge in [0.2, 0.25) is 0 Å². The largest absolute Gasteiger partial charge is 0.418 e. The summed E-state index contributed by atoms with van der Waals surface area (Å²) in [6, 6.07) is 15.2. The summed E-state index contributed by atoms with van der Waals surface area (Å²) in [6.07, 6.45) is -6.27. The van der Waals surface area contributed by atoms with Crippen LogP contribution in [0.15, 0.2) is 71.6 Å². The summed E-state index contributed by atoms with van der Waals surface area (Å²) in [7, 11) is -3.59. The number of nitrogens with zero attached hydrogens (tertiary/aromatic N) is 2. The number of aliphatic hydroxyl groups excluding tert-OH is 1. The van der Waals surface area contributed by atoms with Crippen molar-refractivity contribution in [2.24, 2.45) is 0 Å². The highest BCUT2D eigenvalue weighted by Gasteiger charge is 2.39. The van der Waals surface area contributed by atoms with Crippen LogP contribution in [0.4, 0.5) is 23.2 Å². The molecule has 1 N–H and O–H groups in total. The number of rotatable bonds is 5. The molecule has 1 amide bonds. The van der Waals surface area contributed by atoms with E-state index in [1.54, 1.807) is 4.90 Å². The van der Waals surface area contributed by atoms with E-state index in [4.69, 9.17) is 0 Å². The van der Waals surface area contributed by atoms with E-state index in [1.807, 2.05) is 4.90 Å². The summed E-state index contributed by atoms with van der Waals surface area (Å²) in [4.78, 5) is 17.0. The Morgan fingerprint density at radius 3 is 2.05 bits per heavy atom.